The van der Waals surface area contributed by atoms with E-state index in [0.717, 1.165) is 39.1 Å². The second-order valence-corrected chi connectivity index (χ2v) is 17.7. The second-order valence-electron chi connectivity index (χ2n) is 17.7. The maximum absolute atomic E-state index is 6.15. The van der Waals surface area contributed by atoms with Crippen molar-refractivity contribution < 1.29 is 14.2 Å². The molecule has 0 aromatic heterocycles. The average molecular weight is 815 g/mol. The molecular weight excluding hydrogens is 709 g/mol. The minimum Gasteiger partial charge on any atom is -0.330 e. The van der Waals surface area contributed by atoms with E-state index in [0.29, 0.717) is 0 Å². The summed E-state index contributed by atoms with van der Waals surface area (Å²) in [4.78, 5) is 0. The van der Waals surface area contributed by atoms with Crippen LogP contribution in [-0.4, -0.2) is 26.3 Å². The highest BCUT2D eigenvalue weighted by atomic mass is 16.8. The smallest absolute Gasteiger partial charge is 0.271 e. The Balaban J connectivity index is 4.05. The Morgan fingerprint density at radius 1 is 0.224 bits per heavy atom. The fraction of sp³-hybridized carbons (Fsp3) is 0.891. The zero-order valence-corrected chi connectivity index (χ0v) is 40.1. The van der Waals surface area contributed by atoms with Crippen molar-refractivity contribution in [1.29, 1.82) is 0 Å². The molecule has 0 aromatic carbocycles. The van der Waals surface area contributed by atoms with Crippen LogP contribution >= 0.6 is 0 Å². The van der Waals surface area contributed by atoms with E-state index in [2.05, 4.69) is 57.2 Å². The SMILES string of the molecule is CCCCCCCCC=CCCCCCCCCOC(OCCCCCCCCC=CCCCCCCCC)OCCCCCCCCC=CCCCCCCCC. The third-order valence-corrected chi connectivity index (χ3v) is 11.7. The van der Waals surface area contributed by atoms with Gasteiger partial charge in [-0.05, 0) is 96.3 Å². The summed E-state index contributed by atoms with van der Waals surface area (Å²) in [6.45, 7) is 8.62. The second kappa shape index (κ2) is 54.1. The lowest BCUT2D eigenvalue weighted by Gasteiger charge is -2.19. The van der Waals surface area contributed by atoms with E-state index in [1.54, 1.807) is 0 Å². The van der Waals surface area contributed by atoms with Crippen LogP contribution in [0.15, 0.2) is 36.5 Å². The highest BCUT2D eigenvalue weighted by molar-refractivity contribution is 4.82. The van der Waals surface area contributed by atoms with Crippen molar-refractivity contribution >= 4 is 0 Å². The third-order valence-electron chi connectivity index (χ3n) is 11.7. The predicted octanol–water partition coefficient (Wildman–Crippen LogP) is 19.4. The van der Waals surface area contributed by atoms with Gasteiger partial charge in [0.25, 0.3) is 6.48 Å². The number of hydrogen-bond donors (Lipinski definition) is 0. The summed E-state index contributed by atoms with van der Waals surface area (Å²) in [5.41, 5.74) is 0. The molecule has 0 rings (SSSR count). The van der Waals surface area contributed by atoms with Crippen molar-refractivity contribution in [1.82, 2.24) is 0 Å². The van der Waals surface area contributed by atoms with E-state index in [9.17, 15) is 0 Å². The first-order valence-electron chi connectivity index (χ1n) is 26.6. The molecule has 0 heterocycles. The molecule has 3 heteroatoms. The molecule has 0 aliphatic heterocycles. The number of allylic oxidation sites excluding steroid dienone is 6. The summed E-state index contributed by atoms with van der Waals surface area (Å²) in [6.07, 6.45) is 70.3. The fourth-order valence-electron chi connectivity index (χ4n) is 7.73. The van der Waals surface area contributed by atoms with Gasteiger partial charge in [0, 0.05) is 0 Å². The zero-order chi connectivity index (χ0) is 41.8. The summed E-state index contributed by atoms with van der Waals surface area (Å²) in [5.74, 6) is 0. The monoisotopic (exact) mass is 815 g/mol. The molecule has 0 amide bonds. The summed E-state index contributed by atoms with van der Waals surface area (Å²) >= 11 is 0. The van der Waals surface area contributed by atoms with Crippen LogP contribution in [0.1, 0.15) is 290 Å². The first-order chi connectivity index (χ1) is 28.8. The van der Waals surface area contributed by atoms with Gasteiger partial charge in [-0.25, -0.2) is 0 Å². The first kappa shape index (κ1) is 57.1. The molecule has 0 unspecified atom stereocenters. The predicted molar refractivity (Wildman–Crippen MR) is 260 cm³/mol. The van der Waals surface area contributed by atoms with E-state index in [4.69, 9.17) is 14.2 Å². The lowest BCUT2D eigenvalue weighted by molar-refractivity contribution is -0.288. The van der Waals surface area contributed by atoms with Gasteiger partial charge in [-0.15, -0.1) is 0 Å². The normalized spacial score (nSPS) is 12.7. The molecule has 0 fully saturated rings. The Kier molecular flexibility index (Phi) is 53.3. The molecule has 0 aliphatic carbocycles. The minimum atomic E-state index is -0.491. The molecule has 3 nitrogen and oxygen atoms in total. The molecule has 0 radical (unpaired) electrons. The molecule has 0 saturated carbocycles. The van der Waals surface area contributed by atoms with Crippen LogP contribution in [0.3, 0.4) is 0 Å². The van der Waals surface area contributed by atoms with E-state index < -0.39 is 6.48 Å². The van der Waals surface area contributed by atoms with Gasteiger partial charge in [-0.1, -0.05) is 231 Å². The molecule has 0 N–H and O–H groups in total. The van der Waals surface area contributed by atoms with Gasteiger partial charge in [0.15, 0.2) is 0 Å². The van der Waals surface area contributed by atoms with Crippen molar-refractivity contribution in [3.8, 4) is 0 Å². The van der Waals surface area contributed by atoms with E-state index in [1.165, 1.54) is 250 Å². The molecular formula is C55H106O3. The van der Waals surface area contributed by atoms with Gasteiger partial charge in [0.2, 0.25) is 0 Å². The zero-order valence-electron chi connectivity index (χ0n) is 40.1. The van der Waals surface area contributed by atoms with Gasteiger partial charge in [0.05, 0.1) is 19.8 Å². The van der Waals surface area contributed by atoms with Gasteiger partial charge in [-0.2, -0.15) is 0 Å². The van der Waals surface area contributed by atoms with Crippen molar-refractivity contribution in [2.24, 2.45) is 0 Å². The van der Waals surface area contributed by atoms with Crippen molar-refractivity contribution in [3.63, 3.8) is 0 Å². The largest absolute Gasteiger partial charge is 0.330 e. The number of rotatable bonds is 51. The molecule has 344 valence electrons. The number of unbranched alkanes of at least 4 members (excludes halogenated alkanes) is 36. The van der Waals surface area contributed by atoms with Crippen LogP contribution in [-0.2, 0) is 14.2 Å². The molecule has 0 saturated heterocycles. The Morgan fingerprint density at radius 2 is 0.397 bits per heavy atom. The fourth-order valence-corrected chi connectivity index (χ4v) is 7.73. The summed E-state index contributed by atoms with van der Waals surface area (Å²) in [7, 11) is 0. The topological polar surface area (TPSA) is 27.7 Å². The highest BCUT2D eigenvalue weighted by Crippen LogP contribution is 2.15. The van der Waals surface area contributed by atoms with Gasteiger partial charge < -0.3 is 14.2 Å². The average Bonchev–Trinajstić information content (AvgIpc) is 3.23. The maximum Gasteiger partial charge on any atom is 0.271 e. The minimum absolute atomic E-state index is 0.491. The molecule has 58 heavy (non-hydrogen) atoms. The lowest BCUT2D eigenvalue weighted by atomic mass is 10.1. The molecule has 0 spiro atoms. The van der Waals surface area contributed by atoms with E-state index in [1.807, 2.05) is 0 Å². The van der Waals surface area contributed by atoms with Crippen LogP contribution in [0.5, 0.6) is 0 Å². The van der Waals surface area contributed by atoms with Crippen LogP contribution in [0.4, 0.5) is 0 Å². The Bertz CT molecular complexity index is 698. The lowest BCUT2D eigenvalue weighted by Crippen LogP contribution is -2.23. The van der Waals surface area contributed by atoms with Gasteiger partial charge in [-0.3, -0.25) is 0 Å². The van der Waals surface area contributed by atoms with Crippen molar-refractivity contribution in [2.45, 2.75) is 297 Å². The Hall–Kier alpha value is -0.900. The number of hydrogen-bond acceptors (Lipinski definition) is 3. The highest BCUT2D eigenvalue weighted by Gasteiger charge is 2.10. The van der Waals surface area contributed by atoms with Gasteiger partial charge in [0.1, 0.15) is 0 Å². The first-order valence-corrected chi connectivity index (χ1v) is 26.6. The maximum atomic E-state index is 6.15. The van der Waals surface area contributed by atoms with Crippen LogP contribution < -0.4 is 0 Å². The summed E-state index contributed by atoms with van der Waals surface area (Å²) < 4.78 is 18.5. The van der Waals surface area contributed by atoms with E-state index >= 15 is 0 Å². The quantitative estimate of drug-likeness (QED) is 0.0348. The van der Waals surface area contributed by atoms with Crippen LogP contribution in [0.2, 0.25) is 0 Å². The van der Waals surface area contributed by atoms with Crippen LogP contribution in [0, 0.1) is 0 Å². The Morgan fingerprint density at radius 3 is 0.603 bits per heavy atom. The number of ether oxygens (including phenoxy) is 3. The van der Waals surface area contributed by atoms with Crippen molar-refractivity contribution in [2.75, 3.05) is 19.8 Å². The Labute approximate surface area is 366 Å². The van der Waals surface area contributed by atoms with Gasteiger partial charge >= 0.3 is 0 Å². The summed E-state index contributed by atoms with van der Waals surface area (Å²) in [6, 6.07) is 0. The van der Waals surface area contributed by atoms with E-state index in [-0.39, 0.29) is 0 Å². The molecule has 0 aliphatic rings. The molecule has 0 atom stereocenters. The van der Waals surface area contributed by atoms with Crippen molar-refractivity contribution in [3.05, 3.63) is 36.5 Å². The molecule has 0 bridgehead atoms. The van der Waals surface area contributed by atoms with Crippen LogP contribution in [0.25, 0.3) is 0 Å². The molecule has 0 aromatic rings. The summed E-state index contributed by atoms with van der Waals surface area (Å²) in [5, 5.41) is 0. The third kappa shape index (κ3) is 51.2. The standard InChI is InChI=1S/C55H106O3/c1-4-7-10-13-16-19-22-25-28-31-34-37-40-43-46-49-52-56-55(57-53-50-47-44-41-38-35-32-29-26-23-20-17-14-11-8-5-2)58-54-51-48-45-42-39-36-33-30-27-24-21-18-15-12-9-6-3/h25-30,55H,4-24,31-54H2,1-3H3.